The molecule has 17 heavy (non-hydrogen) atoms. The molecular weight excluding hydrogens is 216 g/mol. The van der Waals surface area contributed by atoms with Gasteiger partial charge in [-0.3, -0.25) is 0 Å². The van der Waals surface area contributed by atoms with Gasteiger partial charge in [-0.05, 0) is 36.8 Å². The van der Waals surface area contributed by atoms with Gasteiger partial charge in [-0.1, -0.05) is 12.1 Å². The molecule has 0 unspecified atom stereocenters. The van der Waals surface area contributed by atoms with E-state index < -0.39 is 5.97 Å². The van der Waals surface area contributed by atoms with Crippen LogP contribution in [-0.4, -0.2) is 16.1 Å². The molecule has 4 nitrogen and oxygen atoms in total. The summed E-state index contributed by atoms with van der Waals surface area (Å²) < 4.78 is 0. The van der Waals surface area contributed by atoms with E-state index in [4.69, 9.17) is 5.11 Å². The van der Waals surface area contributed by atoms with Crippen LogP contribution in [0.15, 0.2) is 42.6 Å². The number of carboxylic acids is 1. The average Bonchev–Trinajstić information content (AvgIpc) is 2.29. The van der Waals surface area contributed by atoms with Gasteiger partial charge in [0.15, 0.2) is 0 Å². The fourth-order valence-corrected chi connectivity index (χ4v) is 1.48. The van der Waals surface area contributed by atoms with Gasteiger partial charge in [0.25, 0.3) is 0 Å². The predicted molar refractivity (Wildman–Crippen MR) is 65.7 cm³/mol. The number of aromatic nitrogens is 1. The third kappa shape index (κ3) is 2.81. The molecule has 0 spiro atoms. The summed E-state index contributed by atoms with van der Waals surface area (Å²) >= 11 is 0. The Morgan fingerprint density at radius 1 is 1.24 bits per heavy atom. The Morgan fingerprint density at radius 3 is 2.65 bits per heavy atom. The van der Waals surface area contributed by atoms with E-state index in [1.807, 2.05) is 31.2 Å². The molecule has 1 aromatic carbocycles. The molecule has 0 saturated heterocycles. The van der Waals surface area contributed by atoms with E-state index in [1.165, 1.54) is 12.3 Å². The van der Waals surface area contributed by atoms with Crippen molar-refractivity contribution in [2.24, 2.45) is 0 Å². The number of aryl methyl sites for hydroxylation is 1. The summed E-state index contributed by atoms with van der Waals surface area (Å²) in [6, 6.07) is 11.1. The number of pyridine rings is 1. The molecule has 2 rings (SSSR count). The molecule has 0 fully saturated rings. The number of carboxylic acid groups (broad SMARTS) is 1. The maximum Gasteiger partial charge on any atom is 0.354 e. The lowest BCUT2D eigenvalue weighted by Crippen LogP contribution is -2.00. The molecule has 0 saturated carbocycles. The van der Waals surface area contributed by atoms with Crippen molar-refractivity contribution in [2.45, 2.75) is 6.92 Å². The molecule has 86 valence electrons. The van der Waals surface area contributed by atoms with E-state index in [1.54, 1.807) is 6.07 Å². The van der Waals surface area contributed by atoms with Crippen LogP contribution >= 0.6 is 0 Å². The summed E-state index contributed by atoms with van der Waals surface area (Å²) in [6.07, 6.45) is 1.51. The van der Waals surface area contributed by atoms with Crippen molar-refractivity contribution in [1.29, 1.82) is 0 Å². The van der Waals surface area contributed by atoms with Crippen LogP contribution in [0, 0.1) is 6.92 Å². The highest BCUT2D eigenvalue weighted by molar-refractivity contribution is 5.85. The number of carbonyl (C=O) groups is 1. The van der Waals surface area contributed by atoms with Crippen molar-refractivity contribution in [1.82, 2.24) is 4.98 Å². The molecule has 1 heterocycles. The summed E-state index contributed by atoms with van der Waals surface area (Å²) in [5.74, 6) is -1.02. The third-order valence-electron chi connectivity index (χ3n) is 2.29. The number of nitrogens with zero attached hydrogens (tertiary/aromatic N) is 1. The number of rotatable bonds is 3. The lowest BCUT2D eigenvalue weighted by atomic mass is 10.2. The minimum atomic E-state index is -1.02. The Bertz CT molecular complexity index is 535. The molecule has 0 aliphatic carbocycles. The second kappa shape index (κ2) is 4.65. The van der Waals surface area contributed by atoms with E-state index >= 15 is 0 Å². The third-order valence-corrected chi connectivity index (χ3v) is 2.29. The highest BCUT2D eigenvalue weighted by atomic mass is 16.4. The number of hydrogen-bond donors (Lipinski definition) is 2. The largest absolute Gasteiger partial charge is 0.477 e. The molecule has 0 amide bonds. The molecule has 0 bridgehead atoms. The summed E-state index contributed by atoms with van der Waals surface area (Å²) in [5.41, 5.74) is 2.92. The number of anilines is 2. The van der Waals surface area contributed by atoms with Gasteiger partial charge in [0.1, 0.15) is 5.69 Å². The number of benzene rings is 1. The first-order valence-electron chi connectivity index (χ1n) is 5.18. The van der Waals surface area contributed by atoms with Crippen molar-refractivity contribution >= 4 is 17.3 Å². The van der Waals surface area contributed by atoms with E-state index in [0.717, 1.165) is 16.9 Å². The van der Waals surface area contributed by atoms with E-state index in [9.17, 15) is 4.79 Å². The normalized spacial score (nSPS) is 9.94. The summed E-state index contributed by atoms with van der Waals surface area (Å²) in [4.78, 5) is 14.5. The number of nitrogens with one attached hydrogen (secondary N) is 1. The second-order valence-corrected chi connectivity index (χ2v) is 3.73. The Morgan fingerprint density at radius 2 is 2.06 bits per heavy atom. The molecule has 2 aromatic rings. The summed E-state index contributed by atoms with van der Waals surface area (Å²) in [6.45, 7) is 2.01. The van der Waals surface area contributed by atoms with Crippen LogP contribution in [0.1, 0.15) is 16.1 Å². The molecule has 0 atom stereocenters. The summed E-state index contributed by atoms with van der Waals surface area (Å²) in [5, 5.41) is 11.9. The minimum absolute atomic E-state index is 0.0415. The van der Waals surface area contributed by atoms with Crippen molar-refractivity contribution in [2.75, 3.05) is 5.32 Å². The van der Waals surface area contributed by atoms with Gasteiger partial charge < -0.3 is 10.4 Å². The van der Waals surface area contributed by atoms with Gasteiger partial charge >= 0.3 is 5.97 Å². The monoisotopic (exact) mass is 228 g/mol. The fourth-order valence-electron chi connectivity index (χ4n) is 1.48. The van der Waals surface area contributed by atoms with Crippen molar-refractivity contribution < 1.29 is 9.90 Å². The van der Waals surface area contributed by atoms with Gasteiger partial charge in [-0.2, -0.15) is 0 Å². The lowest BCUT2D eigenvalue weighted by molar-refractivity contribution is 0.0690. The maximum atomic E-state index is 10.6. The van der Waals surface area contributed by atoms with Crippen LogP contribution in [0.4, 0.5) is 11.4 Å². The zero-order chi connectivity index (χ0) is 12.3. The Labute approximate surface area is 98.9 Å². The zero-order valence-corrected chi connectivity index (χ0v) is 9.34. The van der Waals surface area contributed by atoms with Crippen molar-refractivity contribution in [3.63, 3.8) is 0 Å². The number of aromatic carboxylic acids is 1. The highest BCUT2D eigenvalue weighted by Crippen LogP contribution is 2.16. The van der Waals surface area contributed by atoms with E-state index in [2.05, 4.69) is 10.3 Å². The van der Waals surface area contributed by atoms with E-state index in [-0.39, 0.29) is 5.69 Å². The van der Waals surface area contributed by atoms with Crippen molar-refractivity contribution in [3.8, 4) is 0 Å². The fraction of sp³-hybridized carbons (Fsp3) is 0.0769. The number of hydrogen-bond acceptors (Lipinski definition) is 3. The highest BCUT2D eigenvalue weighted by Gasteiger charge is 2.03. The lowest BCUT2D eigenvalue weighted by Gasteiger charge is -2.06. The molecule has 0 radical (unpaired) electrons. The SMILES string of the molecule is Cc1cccc(Nc2ccc(C(=O)O)nc2)c1. The van der Waals surface area contributed by atoms with Crippen LogP contribution in [0.3, 0.4) is 0 Å². The van der Waals surface area contributed by atoms with Crippen molar-refractivity contribution in [3.05, 3.63) is 53.9 Å². The molecule has 0 aliphatic rings. The van der Waals surface area contributed by atoms with Crippen LogP contribution in [-0.2, 0) is 0 Å². The topological polar surface area (TPSA) is 62.2 Å². The Balaban J connectivity index is 2.16. The molecular formula is C13H12N2O2. The average molecular weight is 228 g/mol. The Hall–Kier alpha value is -2.36. The first-order valence-corrected chi connectivity index (χ1v) is 5.18. The van der Waals surface area contributed by atoms with Crippen LogP contribution in [0.5, 0.6) is 0 Å². The minimum Gasteiger partial charge on any atom is -0.477 e. The van der Waals surface area contributed by atoms with Gasteiger partial charge in [0.2, 0.25) is 0 Å². The molecule has 0 aliphatic heterocycles. The van der Waals surface area contributed by atoms with E-state index in [0.29, 0.717) is 0 Å². The first kappa shape index (κ1) is 11.1. The first-order chi connectivity index (χ1) is 8.15. The molecule has 2 N–H and O–H groups in total. The van der Waals surface area contributed by atoms with Gasteiger partial charge in [0.05, 0.1) is 11.9 Å². The standard InChI is InChI=1S/C13H12N2O2/c1-9-3-2-4-10(7-9)15-11-5-6-12(13(16)17)14-8-11/h2-8,15H,1H3,(H,16,17). The summed E-state index contributed by atoms with van der Waals surface area (Å²) in [7, 11) is 0. The smallest absolute Gasteiger partial charge is 0.354 e. The quantitative estimate of drug-likeness (QED) is 0.847. The zero-order valence-electron chi connectivity index (χ0n) is 9.34. The van der Waals surface area contributed by atoms with Crippen LogP contribution in [0.25, 0.3) is 0 Å². The molecule has 1 aromatic heterocycles. The van der Waals surface area contributed by atoms with Gasteiger partial charge in [0, 0.05) is 5.69 Å². The Kier molecular flexibility index (Phi) is 3.05. The van der Waals surface area contributed by atoms with Gasteiger partial charge in [-0.15, -0.1) is 0 Å². The van der Waals surface area contributed by atoms with Crippen LogP contribution < -0.4 is 5.32 Å². The second-order valence-electron chi connectivity index (χ2n) is 3.73. The predicted octanol–water partition coefficient (Wildman–Crippen LogP) is 2.83. The van der Waals surface area contributed by atoms with Gasteiger partial charge in [-0.25, -0.2) is 9.78 Å². The van der Waals surface area contributed by atoms with Crippen LogP contribution in [0.2, 0.25) is 0 Å². The maximum absolute atomic E-state index is 10.6. The molecule has 4 heteroatoms.